The maximum absolute atomic E-state index is 12.9. The molecule has 0 spiro atoms. The summed E-state index contributed by atoms with van der Waals surface area (Å²) in [5.41, 5.74) is 1.86. The Morgan fingerprint density at radius 1 is 0.944 bits per heavy atom. The molecule has 1 N–H and O–H groups in total. The highest BCUT2D eigenvalue weighted by molar-refractivity contribution is 5.94. The number of rotatable bonds is 10. The highest BCUT2D eigenvalue weighted by Gasteiger charge is 2.22. The van der Waals surface area contributed by atoms with Crippen molar-refractivity contribution in [2.75, 3.05) is 45.9 Å². The summed E-state index contributed by atoms with van der Waals surface area (Å²) >= 11 is 0. The lowest BCUT2D eigenvalue weighted by Gasteiger charge is -2.32. The van der Waals surface area contributed by atoms with E-state index in [0.29, 0.717) is 36.1 Å². The van der Waals surface area contributed by atoms with E-state index in [9.17, 15) is 9.59 Å². The maximum Gasteiger partial charge on any atom is 0.260 e. The Morgan fingerprint density at radius 2 is 1.75 bits per heavy atom. The summed E-state index contributed by atoms with van der Waals surface area (Å²) in [6.07, 6.45) is 5.53. The molecule has 2 aromatic carbocycles. The second-order valence-electron chi connectivity index (χ2n) is 9.76. The third-order valence-electron chi connectivity index (χ3n) is 6.97. The van der Waals surface area contributed by atoms with Gasteiger partial charge in [0.1, 0.15) is 0 Å². The summed E-state index contributed by atoms with van der Waals surface area (Å²) in [5, 5.41) is 3.11. The molecule has 2 saturated heterocycles. The van der Waals surface area contributed by atoms with Gasteiger partial charge < -0.3 is 19.7 Å². The van der Waals surface area contributed by atoms with Gasteiger partial charge >= 0.3 is 0 Å². The van der Waals surface area contributed by atoms with Crippen LogP contribution in [0.3, 0.4) is 0 Å². The van der Waals surface area contributed by atoms with Crippen molar-refractivity contribution in [3.8, 4) is 11.5 Å². The molecule has 0 radical (unpaired) electrons. The first-order valence-corrected chi connectivity index (χ1v) is 13.3. The van der Waals surface area contributed by atoms with Gasteiger partial charge in [0.05, 0.1) is 6.61 Å². The molecule has 36 heavy (non-hydrogen) atoms. The fourth-order valence-corrected chi connectivity index (χ4v) is 5.05. The van der Waals surface area contributed by atoms with Gasteiger partial charge in [0.25, 0.3) is 11.8 Å². The van der Waals surface area contributed by atoms with Crippen molar-refractivity contribution >= 4 is 11.8 Å². The van der Waals surface area contributed by atoms with Crippen LogP contribution in [-0.4, -0.2) is 67.6 Å². The molecule has 4 rings (SSSR count). The van der Waals surface area contributed by atoms with Crippen LogP contribution >= 0.6 is 0 Å². The monoisotopic (exact) mass is 493 g/mol. The molecule has 0 bridgehead atoms. The SMILES string of the molecule is CCOc1cc(C(=O)NCC2CCCN(Cc3ccccc3)C2)ccc1OCC(=O)N1CCCCC1. The molecule has 2 aliphatic heterocycles. The molecule has 0 saturated carbocycles. The lowest BCUT2D eigenvalue weighted by Crippen LogP contribution is -2.40. The van der Waals surface area contributed by atoms with Crippen LogP contribution in [0.5, 0.6) is 11.5 Å². The van der Waals surface area contributed by atoms with Crippen LogP contribution in [0.1, 0.15) is 54.9 Å². The Balaban J connectivity index is 1.29. The third-order valence-corrected chi connectivity index (χ3v) is 6.97. The van der Waals surface area contributed by atoms with Crippen molar-refractivity contribution in [2.45, 2.75) is 45.6 Å². The Morgan fingerprint density at radius 3 is 2.53 bits per heavy atom. The molecule has 2 amide bonds. The number of hydrogen-bond donors (Lipinski definition) is 1. The molecule has 0 aliphatic carbocycles. The summed E-state index contributed by atoms with van der Waals surface area (Å²) in [6, 6.07) is 15.7. The Bertz CT molecular complexity index is 991. The number of nitrogens with zero attached hydrogens (tertiary/aromatic N) is 2. The molecule has 0 aromatic heterocycles. The zero-order valence-electron chi connectivity index (χ0n) is 21.4. The van der Waals surface area contributed by atoms with E-state index in [1.165, 1.54) is 12.0 Å². The highest BCUT2D eigenvalue weighted by Crippen LogP contribution is 2.29. The van der Waals surface area contributed by atoms with Gasteiger partial charge in [0.2, 0.25) is 0 Å². The van der Waals surface area contributed by atoms with Crippen LogP contribution in [0.15, 0.2) is 48.5 Å². The lowest BCUT2D eigenvalue weighted by atomic mass is 9.97. The Kier molecular flexibility index (Phi) is 9.61. The van der Waals surface area contributed by atoms with E-state index in [1.54, 1.807) is 18.2 Å². The standard InChI is InChI=1S/C29H39N3O4/c1-2-35-27-18-25(13-14-26(27)36-22-28(33)32-16-7-4-8-17-32)29(34)30-19-24-12-9-15-31(21-24)20-23-10-5-3-6-11-23/h3,5-6,10-11,13-14,18,24H,2,4,7-9,12,15-17,19-22H2,1H3,(H,30,34). The summed E-state index contributed by atoms with van der Waals surface area (Å²) < 4.78 is 11.5. The molecule has 2 heterocycles. The normalized spacial score (nSPS) is 18.5. The van der Waals surface area contributed by atoms with Crippen LogP contribution in [0.4, 0.5) is 0 Å². The fourth-order valence-electron chi connectivity index (χ4n) is 5.05. The predicted molar refractivity (Wildman–Crippen MR) is 140 cm³/mol. The number of likely N-dealkylation sites (tertiary alicyclic amines) is 2. The van der Waals surface area contributed by atoms with Crippen molar-refractivity contribution in [2.24, 2.45) is 5.92 Å². The van der Waals surface area contributed by atoms with E-state index in [2.05, 4.69) is 34.5 Å². The summed E-state index contributed by atoms with van der Waals surface area (Å²) in [7, 11) is 0. The fraction of sp³-hybridized carbons (Fsp3) is 0.517. The van der Waals surface area contributed by atoms with Gasteiger partial charge in [0.15, 0.2) is 18.1 Å². The smallest absolute Gasteiger partial charge is 0.260 e. The minimum atomic E-state index is -0.118. The molecule has 7 heteroatoms. The van der Waals surface area contributed by atoms with Crippen molar-refractivity contribution in [3.05, 3.63) is 59.7 Å². The summed E-state index contributed by atoms with van der Waals surface area (Å²) in [4.78, 5) is 29.7. The van der Waals surface area contributed by atoms with E-state index in [4.69, 9.17) is 9.47 Å². The minimum absolute atomic E-state index is 0.00671. The molecule has 1 unspecified atom stereocenters. The third kappa shape index (κ3) is 7.47. The lowest BCUT2D eigenvalue weighted by molar-refractivity contribution is -0.134. The number of carbonyl (C=O) groups is 2. The quantitative estimate of drug-likeness (QED) is 0.539. The Labute approximate surface area is 214 Å². The summed E-state index contributed by atoms with van der Waals surface area (Å²) in [5.74, 6) is 1.28. The first-order chi connectivity index (χ1) is 17.6. The highest BCUT2D eigenvalue weighted by atomic mass is 16.5. The van der Waals surface area contributed by atoms with Gasteiger partial charge in [-0.15, -0.1) is 0 Å². The molecular formula is C29H39N3O4. The molecule has 2 aliphatic rings. The predicted octanol–water partition coefficient (Wildman–Crippen LogP) is 4.12. The second-order valence-corrected chi connectivity index (χ2v) is 9.76. The molecule has 2 aromatic rings. The average molecular weight is 494 g/mol. The van der Waals surface area contributed by atoms with Crippen LogP contribution in [0, 0.1) is 5.92 Å². The first kappa shape index (κ1) is 26.0. The number of ether oxygens (including phenoxy) is 2. The first-order valence-electron chi connectivity index (χ1n) is 13.3. The van der Waals surface area contributed by atoms with Crippen molar-refractivity contribution < 1.29 is 19.1 Å². The van der Waals surface area contributed by atoms with Crippen LogP contribution in [0.25, 0.3) is 0 Å². The molecule has 7 nitrogen and oxygen atoms in total. The molecular weight excluding hydrogens is 454 g/mol. The van der Waals surface area contributed by atoms with E-state index < -0.39 is 0 Å². The van der Waals surface area contributed by atoms with E-state index >= 15 is 0 Å². The number of nitrogens with one attached hydrogen (secondary N) is 1. The van der Waals surface area contributed by atoms with E-state index in [1.807, 2.05) is 17.9 Å². The van der Waals surface area contributed by atoms with Crippen LogP contribution < -0.4 is 14.8 Å². The zero-order valence-corrected chi connectivity index (χ0v) is 21.4. The number of piperidine rings is 2. The largest absolute Gasteiger partial charge is 0.490 e. The van der Waals surface area contributed by atoms with Gasteiger partial charge in [-0.2, -0.15) is 0 Å². The average Bonchev–Trinajstić information content (AvgIpc) is 2.92. The number of carbonyl (C=O) groups excluding carboxylic acids is 2. The Hall–Kier alpha value is -3.06. The molecule has 1 atom stereocenters. The maximum atomic E-state index is 12.9. The molecule has 194 valence electrons. The van der Waals surface area contributed by atoms with Crippen molar-refractivity contribution in [1.82, 2.24) is 15.1 Å². The van der Waals surface area contributed by atoms with Gasteiger partial charge in [-0.25, -0.2) is 0 Å². The van der Waals surface area contributed by atoms with Crippen molar-refractivity contribution in [3.63, 3.8) is 0 Å². The van der Waals surface area contributed by atoms with Crippen LogP contribution in [-0.2, 0) is 11.3 Å². The van der Waals surface area contributed by atoms with Gasteiger partial charge in [-0.05, 0) is 75.3 Å². The number of hydrogen-bond acceptors (Lipinski definition) is 5. The zero-order chi connectivity index (χ0) is 25.2. The second kappa shape index (κ2) is 13.3. The minimum Gasteiger partial charge on any atom is -0.490 e. The van der Waals surface area contributed by atoms with E-state index in [0.717, 1.165) is 58.4 Å². The van der Waals surface area contributed by atoms with Crippen LogP contribution in [0.2, 0.25) is 0 Å². The van der Waals surface area contributed by atoms with E-state index in [-0.39, 0.29) is 18.4 Å². The molecule has 2 fully saturated rings. The van der Waals surface area contributed by atoms with Gasteiger partial charge in [0, 0.05) is 38.3 Å². The summed E-state index contributed by atoms with van der Waals surface area (Å²) in [6.45, 7) is 7.58. The van der Waals surface area contributed by atoms with Crippen molar-refractivity contribution in [1.29, 1.82) is 0 Å². The number of benzene rings is 2. The van der Waals surface area contributed by atoms with Gasteiger partial charge in [-0.3, -0.25) is 14.5 Å². The topological polar surface area (TPSA) is 71.1 Å². The van der Waals surface area contributed by atoms with Gasteiger partial charge in [-0.1, -0.05) is 30.3 Å². The number of amides is 2.